The number of nitriles is 1. The smallest absolute Gasteiger partial charge is 0.135 e. The van der Waals surface area contributed by atoms with Crippen LogP contribution >= 0.6 is 11.6 Å². The second-order valence-electron chi connectivity index (χ2n) is 4.21. The van der Waals surface area contributed by atoms with Gasteiger partial charge in [-0.15, -0.1) is 0 Å². The third-order valence-electron chi connectivity index (χ3n) is 2.78. The molecule has 0 unspecified atom stereocenters. The van der Waals surface area contributed by atoms with Gasteiger partial charge in [-0.2, -0.15) is 5.26 Å². The molecule has 0 saturated heterocycles. The molecular weight excluding hydrogens is 284 g/mol. The highest BCUT2D eigenvalue weighted by Gasteiger charge is 2.05. The summed E-state index contributed by atoms with van der Waals surface area (Å²) in [5.74, 6) is 6.45. The van der Waals surface area contributed by atoms with Gasteiger partial charge in [-0.05, 0) is 24.3 Å². The number of hydrogen-bond donors (Lipinski definition) is 1. The third kappa shape index (κ3) is 4.00. The molecule has 0 aliphatic heterocycles. The standard InChI is InChI=1S/C17H13ClN2O/c18-16-10-13(11-20)7-8-15(16)12-21-17-6-2-1-4-14(17)5-3-9-19/h1-2,4,6-8,10H,9,12,19H2. The largest absolute Gasteiger partial charge is 0.488 e. The highest BCUT2D eigenvalue weighted by molar-refractivity contribution is 6.31. The lowest BCUT2D eigenvalue weighted by Crippen LogP contribution is -1.99. The predicted octanol–water partition coefficient (Wildman–Crippen LogP) is 3.10. The zero-order chi connectivity index (χ0) is 15.1. The van der Waals surface area contributed by atoms with Crippen LogP contribution in [-0.4, -0.2) is 6.54 Å². The molecule has 2 aromatic rings. The first-order valence-corrected chi connectivity index (χ1v) is 6.71. The van der Waals surface area contributed by atoms with Crippen LogP contribution < -0.4 is 10.5 Å². The van der Waals surface area contributed by atoms with Gasteiger partial charge >= 0.3 is 0 Å². The lowest BCUT2D eigenvalue weighted by molar-refractivity contribution is 0.305. The summed E-state index contributed by atoms with van der Waals surface area (Å²) < 4.78 is 5.76. The molecule has 104 valence electrons. The summed E-state index contributed by atoms with van der Waals surface area (Å²) in [4.78, 5) is 0. The Morgan fingerprint density at radius 2 is 2.00 bits per heavy atom. The minimum absolute atomic E-state index is 0.301. The fraction of sp³-hybridized carbons (Fsp3) is 0.118. The first kappa shape index (κ1) is 14.9. The zero-order valence-corrected chi connectivity index (χ0v) is 12.0. The Morgan fingerprint density at radius 1 is 1.19 bits per heavy atom. The molecule has 0 fully saturated rings. The first-order valence-electron chi connectivity index (χ1n) is 6.34. The van der Waals surface area contributed by atoms with Gasteiger partial charge in [0, 0.05) is 10.6 Å². The Hall–Kier alpha value is -2.46. The summed E-state index contributed by atoms with van der Waals surface area (Å²) in [6, 6.07) is 14.7. The molecule has 0 spiro atoms. The van der Waals surface area contributed by atoms with Crippen molar-refractivity contribution in [1.82, 2.24) is 0 Å². The first-order chi connectivity index (χ1) is 10.2. The summed E-state index contributed by atoms with van der Waals surface area (Å²) in [7, 11) is 0. The molecule has 2 rings (SSSR count). The molecule has 2 N–H and O–H groups in total. The number of nitrogens with two attached hydrogens (primary N) is 1. The van der Waals surface area contributed by atoms with Crippen LogP contribution in [0, 0.1) is 23.2 Å². The van der Waals surface area contributed by atoms with Crippen molar-refractivity contribution in [2.45, 2.75) is 6.61 Å². The lowest BCUT2D eigenvalue weighted by Gasteiger charge is -2.09. The third-order valence-corrected chi connectivity index (χ3v) is 3.13. The Labute approximate surface area is 128 Å². The maximum atomic E-state index is 8.81. The van der Waals surface area contributed by atoms with Crippen LogP contribution in [0.5, 0.6) is 5.75 Å². The monoisotopic (exact) mass is 296 g/mol. The van der Waals surface area contributed by atoms with Gasteiger partial charge in [0.1, 0.15) is 12.4 Å². The molecule has 0 amide bonds. The van der Waals surface area contributed by atoms with Crippen LogP contribution in [0.15, 0.2) is 42.5 Å². The van der Waals surface area contributed by atoms with Crippen LogP contribution in [0.2, 0.25) is 5.02 Å². The topological polar surface area (TPSA) is 59.0 Å². The number of benzene rings is 2. The van der Waals surface area contributed by atoms with Crippen LogP contribution in [-0.2, 0) is 6.61 Å². The fourth-order valence-electron chi connectivity index (χ4n) is 1.73. The van der Waals surface area contributed by atoms with E-state index >= 15 is 0 Å². The summed E-state index contributed by atoms with van der Waals surface area (Å²) in [6.07, 6.45) is 0. The molecule has 0 aliphatic rings. The molecule has 0 heterocycles. The van der Waals surface area contributed by atoms with Gasteiger partial charge in [-0.25, -0.2) is 0 Å². The molecule has 0 atom stereocenters. The minimum atomic E-state index is 0.301. The SMILES string of the molecule is N#Cc1ccc(COc2ccccc2C#CCN)c(Cl)c1. The maximum Gasteiger partial charge on any atom is 0.135 e. The normalized spacial score (nSPS) is 9.38. The average Bonchev–Trinajstić information content (AvgIpc) is 2.52. The number of nitrogens with zero attached hydrogens (tertiary/aromatic N) is 1. The van der Waals surface area contributed by atoms with Gasteiger partial charge in [0.15, 0.2) is 0 Å². The van der Waals surface area contributed by atoms with E-state index in [-0.39, 0.29) is 0 Å². The van der Waals surface area contributed by atoms with Gasteiger partial charge in [-0.1, -0.05) is 41.6 Å². The number of halogens is 1. The maximum absolute atomic E-state index is 8.81. The van der Waals surface area contributed by atoms with E-state index in [1.165, 1.54) is 0 Å². The molecule has 0 saturated carbocycles. The van der Waals surface area contributed by atoms with Crippen molar-refractivity contribution in [3.8, 4) is 23.7 Å². The van der Waals surface area contributed by atoms with Crippen molar-refractivity contribution in [2.75, 3.05) is 6.54 Å². The van der Waals surface area contributed by atoms with E-state index in [4.69, 9.17) is 27.3 Å². The summed E-state index contributed by atoms with van der Waals surface area (Å²) in [5.41, 5.74) is 7.51. The highest BCUT2D eigenvalue weighted by Crippen LogP contribution is 2.22. The summed E-state index contributed by atoms with van der Waals surface area (Å²) in [5, 5.41) is 9.33. The van der Waals surface area contributed by atoms with Gasteiger partial charge in [0.2, 0.25) is 0 Å². The van der Waals surface area contributed by atoms with E-state index in [2.05, 4.69) is 11.8 Å². The number of para-hydroxylation sites is 1. The van der Waals surface area contributed by atoms with E-state index in [0.717, 1.165) is 11.1 Å². The van der Waals surface area contributed by atoms with Crippen molar-refractivity contribution in [3.05, 3.63) is 64.2 Å². The predicted molar refractivity (Wildman–Crippen MR) is 82.9 cm³/mol. The van der Waals surface area contributed by atoms with Crippen LogP contribution in [0.4, 0.5) is 0 Å². The average molecular weight is 297 g/mol. The van der Waals surface area contributed by atoms with E-state index in [1.807, 2.05) is 30.3 Å². The summed E-state index contributed by atoms with van der Waals surface area (Å²) in [6.45, 7) is 0.613. The number of hydrogen-bond acceptors (Lipinski definition) is 3. The zero-order valence-electron chi connectivity index (χ0n) is 11.3. The molecule has 3 nitrogen and oxygen atoms in total. The van der Waals surface area contributed by atoms with Gasteiger partial charge in [0.25, 0.3) is 0 Å². The Morgan fingerprint density at radius 3 is 2.71 bits per heavy atom. The van der Waals surface area contributed by atoms with E-state index in [9.17, 15) is 0 Å². The molecule has 0 aliphatic carbocycles. The van der Waals surface area contributed by atoms with Gasteiger partial charge in [-0.3, -0.25) is 0 Å². The lowest BCUT2D eigenvalue weighted by atomic mass is 10.1. The van der Waals surface area contributed by atoms with Crippen molar-refractivity contribution in [3.63, 3.8) is 0 Å². The quantitative estimate of drug-likeness (QED) is 0.885. The molecule has 0 bridgehead atoms. The van der Waals surface area contributed by atoms with E-state index < -0.39 is 0 Å². The number of rotatable bonds is 3. The Balaban J connectivity index is 2.15. The minimum Gasteiger partial charge on any atom is -0.488 e. The molecule has 0 radical (unpaired) electrons. The highest BCUT2D eigenvalue weighted by atomic mass is 35.5. The van der Waals surface area contributed by atoms with E-state index in [1.54, 1.807) is 18.2 Å². The second kappa shape index (κ2) is 7.36. The van der Waals surface area contributed by atoms with Crippen molar-refractivity contribution in [2.24, 2.45) is 5.73 Å². The molecule has 0 aromatic heterocycles. The number of ether oxygens (including phenoxy) is 1. The Kier molecular flexibility index (Phi) is 5.23. The second-order valence-corrected chi connectivity index (χ2v) is 4.62. The molecular formula is C17H13ClN2O. The fourth-order valence-corrected chi connectivity index (χ4v) is 1.97. The van der Waals surface area contributed by atoms with Gasteiger partial charge in [0.05, 0.1) is 23.7 Å². The van der Waals surface area contributed by atoms with E-state index in [0.29, 0.717) is 29.5 Å². The molecule has 2 aromatic carbocycles. The Bertz CT molecular complexity index is 738. The summed E-state index contributed by atoms with van der Waals surface area (Å²) >= 11 is 6.12. The van der Waals surface area contributed by atoms with Crippen LogP contribution in [0.3, 0.4) is 0 Å². The molecule has 4 heteroatoms. The van der Waals surface area contributed by atoms with Crippen molar-refractivity contribution < 1.29 is 4.74 Å². The van der Waals surface area contributed by atoms with Crippen molar-refractivity contribution >= 4 is 11.6 Å². The van der Waals surface area contributed by atoms with Gasteiger partial charge < -0.3 is 10.5 Å². The van der Waals surface area contributed by atoms with Crippen molar-refractivity contribution in [1.29, 1.82) is 5.26 Å². The van der Waals surface area contributed by atoms with Crippen LogP contribution in [0.1, 0.15) is 16.7 Å². The molecule has 21 heavy (non-hydrogen) atoms. The van der Waals surface area contributed by atoms with Crippen LogP contribution in [0.25, 0.3) is 0 Å².